The lowest BCUT2D eigenvalue weighted by Gasteiger charge is -2.07. The van der Waals surface area contributed by atoms with Crippen LogP contribution in [0.4, 0.5) is 0 Å². The summed E-state index contributed by atoms with van der Waals surface area (Å²) in [4.78, 5) is 0. The van der Waals surface area contributed by atoms with Gasteiger partial charge in [0.25, 0.3) is 0 Å². The van der Waals surface area contributed by atoms with Crippen molar-refractivity contribution in [1.82, 2.24) is 0 Å². The van der Waals surface area contributed by atoms with Crippen LogP contribution in [0.1, 0.15) is 5.56 Å². The predicted molar refractivity (Wildman–Crippen MR) is 64.3 cm³/mol. The highest BCUT2D eigenvalue weighted by Gasteiger charge is 2.22. The molecule has 100 valence electrons. The molecule has 0 amide bonds. The van der Waals surface area contributed by atoms with Crippen LogP contribution in [0.3, 0.4) is 0 Å². The van der Waals surface area contributed by atoms with Crippen molar-refractivity contribution < 1.29 is 23.7 Å². The molecule has 0 spiro atoms. The molecule has 1 fully saturated rings. The average Bonchev–Trinajstić information content (AvgIpc) is 3.21. The Kier molecular flexibility index (Phi) is 5.41. The van der Waals surface area contributed by atoms with Crippen molar-refractivity contribution in [1.29, 1.82) is 0 Å². The summed E-state index contributed by atoms with van der Waals surface area (Å²) < 4.78 is 25.8. The lowest BCUT2D eigenvalue weighted by Crippen LogP contribution is -2.07. The first-order chi connectivity index (χ1) is 8.88. The minimum absolute atomic E-state index is 0.249. The lowest BCUT2D eigenvalue weighted by molar-refractivity contribution is -0.0390. The molecule has 0 bridgehead atoms. The van der Waals surface area contributed by atoms with Crippen LogP contribution in [0.15, 0.2) is 24.3 Å². The highest BCUT2D eigenvalue weighted by molar-refractivity contribution is 5.26. The van der Waals surface area contributed by atoms with E-state index < -0.39 is 0 Å². The average molecular weight is 254 g/mol. The zero-order valence-corrected chi connectivity index (χ0v) is 10.5. The van der Waals surface area contributed by atoms with Gasteiger partial charge in [0.15, 0.2) is 6.79 Å². The van der Waals surface area contributed by atoms with E-state index in [0.717, 1.165) is 17.9 Å². The van der Waals surface area contributed by atoms with Gasteiger partial charge in [0, 0.05) is 7.11 Å². The van der Waals surface area contributed by atoms with Gasteiger partial charge < -0.3 is 23.7 Å². The predicted octanol–water partition coefficient (Wildman–Crippen LogP) is 1.56. The van der Waals surface area contributed by atoms with Crippen molar-refractivity contribution in [2.24, 2.45) is 0 Å². The van der Waals surface area contributed by atoms with Crippen molar-refractivity contribution in [2.45, 2.75) is 12.7 Å². The molecule has 1 aromatic rings. The van der Waals surface area contributed by atoms with Crippen LogP contribution in [0.5, 0.6) is 5.75 Å². The fraction of sp³-hybridized carbons (Fsp3) is 0.538. The Bertz CT molecular complexity index is 334. The zero-order valence-electron chi connectivity index (χ0n) is 10.5. The Labute approximate surface area is 107 Å². The van der Waals surface area contributed by atoms with Gasteiger partial charge in [-0.3, -0.25) is 0 Å². The van der Waals surface area contributed by atoms with Crippen molar-refractivity contribution in [3.05, 3.63) is 29.8 Å². The molecule has 0 aliphatic carbocycles. The topological polar surface area (TPSA) is 49.5 Å². The van der Waals surface area contributed by atoms with Crippen molar-refractivity contribution in [3.8, 4) is 5.75 Å². The summed E-state index contributed by atoms with van der Waals surface area (Å²) in [5, 5.41) is 0. The highest BCUT2D eigenvalue weighted by atomic mass is 16.7. The lowest BCUT2D eigenvalue weighted by atomic mass is 10.2. The Balaban J connectivity index is 1.62. The molecule has 1 aromatic carbocycles. The summed E-state index contributed by atoms with van der Waals surface area (Å²) in [7, 11) is 1.60. The van der Waals surface area contributed by atoms with Gasteiger partial charge in [-0.15, -0.1) is 0 Å². The van der Waals surface area contributed by atoms with Crippen LogP contribution in [0.2, 0.25) is 0 Å². The Morgan fingerprint density at radius 1 is 1.17 bits per heavy atom. The van der Waals surface area contributed by atoms with E-state index in [0.29, 0.717) is 20.0 Å². The van der Waals surface area contributed by atoms with Crippen LogP contribution < -0.4 is 4.74 Å². The molecule has 0 N–H and O–H groups in total. The first-order valence-corrected chi connectivity index (χ1v) is 5.86. The first-order valence-electron chi connectivity index (χ1n) is 5.86. The smallest absolute Gasteiger partial charge is 0.189 e. The largest absolute Gasteiger partial charge is 0.468 e. The van der Waals surface area contributed by atoms with Gasteiger partial charge in [0.05, 0.1) is 19.8 Å². The van der Waals surface area contributed by atoms with Crippen molar-refractivity contribution in [2.75, 3.05) is 33.9 Å². The molecule has 1 aliphatic rings. The molecule has 1 atom stereocenters. The van der Waals surface area contributed by atoms with E-state index in [1.807, 2.05) is 24.3 Å². The number of ether oxygens (including phenoxy) is 5. The Hall–Kier alpha value is -1.14. The normalized spacial score (nSPS) is 17.7. The molecule has 1 aliphatic heterocycles. The third kappa shape index (κ3) is 5.01. The number of hydrogen-bond donors (Lipinski definition) is 0. The molecule has 5 heteroatoms. The van der Waals surface area contributed by atoms with Gasteiger partial charge in [-0.05, 0) is 17.7 Å². The third-order valence-corrected chi connectivity index (χ3v) is 2.41. The standard InChI is InChI=1S/C13H18O5/c1-14-9-15-6-11-2-4-12(5-3-11)18-10-16-7-13-8-17-13/h2-5,13H,6-10H2,1H3. The number of hydrogen-bond acceptors (Lipinski definition) is 5. The Morgan fingerprint density at radius 3 is 2.61 bits per heavy atom. The molecule has 1 saturated heterocycles. The number of benzene rings is 1. The second-order valence-electron chi connectivity index (χ2n) is 3.99. The quantitative estimate of drug-likeness (QED) is 0.380. The van der Waals surface area contributed by atoms with E-state index in [9.17, 15) is 0 Å². The van der Waals surface area contributed by atoms with Gasteiger partial charge >= 0.3 is 0 Å². The molecule has 18 heavy (non-hydrogen) atoms. The third-order valence-electron chi connectivity index (χ3n) is 2.41. The van der Waals surface area contributed by atoms with E-state index in [1.165, 1.54) is 0 Å². The van der Waals surface area contributed by atoms with Gasteiger partial charge in [-0.1, -0.05) is 12.1 Å². The van der Waals surface area contributed by atoms with Crippen LogP contribution in [-0.2, 0) is 25.6 Å². The van der Waals surface area contributed by atoms with E-state index in [2.05, 4.69) is 0 Å². The van der Waals surface area contributed by atoms with Gasteiger partial charge in [-0.25, -0.2) is 0 Å². The van der Waals surface area contributed by atoms with E-state index in [1.54, 1.807) is 7.11 Å². The zero-order chi connectivity index (χ0) is 12.6. The summed E-state index contributed by atoms with van der Waals surface area (Å²) in [6.07, 6.45) is 0.272. The SMILES string of the molecule is COCOCc1ccc(OCOCC2CO2)cc1. The summed E-state index contributed by atoms with van der Waals surface area (Å²) >= 11 is 0. The highest BCUT2D eigenvalue weighted by Crippen LogP contribution is 2.13. The fourth-order valence-corrected chi connectivity index (χ4v) is 1.38. The van der Waals surface area contributed by atoms with Gasteiger partial charge in [0.1, 0.15) is 18.6 Å². The van der Waals surface area contributed by atoms with E-state index >= 15 is 0 Å². The maximum atomic E-state index is 5.42. The fourth-order valence-electron chi connectivity index (χ4n) is 1.38. The van der Waals surface area contributed by atoms with Crippen LogP contribution in [0, 0.1) is 0 Å². The maximum absolute atomic E-state index is 5.42. The summed E-state index contributed by atoms with van der Waals surface area (Å²) in [6, 6.07) is 7.69. The van der Waals surface area contributed by atoms with Crippen LogP contribution >= 0.6 is 0 Å². The molecule has 1 heterocycles. The molecule has 0 saturated carbocycles. The van der Waals surface area contributed by atoms with E-state index in [4.69, 9.17) is 23.7 Å². The number of epoxide rings is 1. The molecule has 5 nitrogen and oxygen atoms in total. The summed E-state index contributed by atoms with van der Waals surface area (Å²) in [6.45, 7) is 2.48. The molecular weight excluding hydrogens is 236 g/mol. The van der Waals surface area contributed by atoms with Gasteiger partial charge in [-0.2, -0.15) is 0 Å². The summed E-state index contributed by atoms with van der Waals surface area (Å²) in [5.74, 6) is 0.780. The van der Waals surface area contributed by atoms with Crippen molar-refractivity contribution >= 4 is 0 Å². The minimum Gasteiger partial charge on any atom is -0.468 e. The second kappa shape index (κ2) is 7.33. The Morgan fingerprint density at radius 2 is 1.94 bits per heavy atom. The molecular formula is C13H18O5. The van der Waals surface area contributed by atoms with Gasteiger partial charge in [0.2, 0.25) is 0 Å². The van der Waals surface area contributed by atoms with Crippen LogP contribution in [0.25, 0.3) is 0 Å². The second-order valence-corrected chi connectivity index (χ2v) is 3.99. The minimum atomic E-state index is 0.249. The monoisotopic (exact) mass is 254 g/mol. The van der Waals surface area contributed by atoms with Crippen molar-refractivity contribution in [3.63, 3.8) is 0 Å². The molecule has 0 aromatic heterocycles. The maximum Gasteiger partial charge on any atom is 0.189 e. The number of rotatable bonds is 9. The first kappa shape index (κ1) is 13.3. The molecule has 1 unspecified atom stereocenters. The van der Waals surface area contributed by atoms with E-state index in [-0.39, 0.29) is 12.9 Å². The molecule has 0 radical (unpaired) electrons. The summed E-state index contributed by atoms with van der Waals surface area (Å²) in [5.41, 5.74) is 1.08. The molecule has 2 rings (SSSR count). The number of methoxy groups -OCH3 is 1. The van der Waals surface area contributed by atoms with Crippen LogP contribution in [-0.4, -0.2) is 40.0 Å².